The molecule has 1 aromatic heterocycles. The van der Waals surface area contributed by atoms with Gasteiger partial charge in [0.1, 0.15) is 6.04 Å². The molecule has 1 aliphatic rings. The SMILES string of the molecule is CC(=N)N1CCC1c1nc(C)no1. The quantitative estimate of drug-likeness (QED) is 0.519. The van der Waals surface area contributed by atoms with Gasteiger partial charge in [-0.1, -0.05) is 5.16 Å². The highest BCUT2D eigenvalue weighted by molar-refractivity contribution is 5.77. The van der Waals surface area contributed by atoms with Crippen molar-refractivity contribution in [2.45, 2.75) is 26.3 Å². The van der Waals surface area contributed by atoms with Gasteiger partial charge >= 0.3 is 0 Å². The molecule has 0 bridgehead atoms. The minimum absolute atomic E-state index is 0.138. The van der Waals surface area contributed by atoms with Crippen molar-refractivity contribution in [3.05, 3.63) is 11.7 Å². The lowest BCUT2D eigenvalue weighted by Gasteiger charge is -2.39. The average Bonchev–Trinajstić information content (AvgIpc) is 2.32. The fraction of sp³-hybridized carbons (Fsp3) is 0.625. The molecule has 1 aliphatic heterocycles. The second-order valence-electron chi connectivity index (χ2n) is 3.26. The van der Waals surface area contributed by atoms with Crippen LogP contribution in [0.25, 0.3) is 0 Å². The topological polar surface area (TPSA) is 66.0 Å². The van der Waals surface area contributed by atoms with Crippen LogP contribution in [0, 0.1) is 12.3 Å². The van der Waals surface area contributed by atoms with Crippen molar-refractivity contribution < 1.29 is 4.52 Å². The van der Waals surface area contributed by atoms with Gasteiger partial charge in [-0.05, 0) is 20.3 Å². The Balaban J connectivity index is 2.14. The van der Waals surface area contributed by atoms with Crippen molar-refractivity contribution in [2.75, 3.05) is 6.54 Å². The van der Waals surface area contributed by atoms with E-state index in [0.717, 1.165) is 13.0 Å². The first kappa shape index (κ1) is 8.22. The van der Waals surface area contributed by atoms with E-state index in [1.165, 1.54) is 0 Å². The molecule has 1 N–H and O–H groups in total. The molecule has 1 aromatic rings. The molecule has 2 heterocycles. The van der Waals surface area contributed by atoms with E-state index in [1.54, 1.807) is 13.8 Å². The van der Waals surface area contributed by atoms with Crippen molar-refractivity contribution in [3.63, 3.8) is 0 Å². The maximum Gasteiger partial charge on any atom is 0.249 e. The summed E-state index contributed by atoms with van der Waals surface area (Å²) in [6.07, 6.45) is 0.998. The molecule has 5 heteroatoms. The third-order valence-corrected chi connectivity index (χ3v) is 2.28. The molecule has 5 nitrogen and oxygen atoms in total. The van der Waals surface area contributed by atoms with Crippen LogP contribution in [-0.4, -0.2) is 27.4 Å². The summed E-state index contributed by atoms with van der Waals surface area (Å²) >= 11 is 0. The van der Waals surface area contributed by atoms with Crippen LogP contribution in [0.4, 0.5) is 0 Å². The van der Waals surface area contributed by atoms with Gasteiger partial charge < -0.3 is 9.42 Å². The van der Waals surface area contributed by atoms with Crippen LogP contribution in [0.1, 0.15) is 31.1 Å². The fourth-order valence-corrected chi connectivity index (χ4v) is 1.49. The highest BCUT2D eigenvalue weighted by atomic mass is 16.5. The minimum Gasteiger partial charge on any atom is -0.349 e. The number of likely N-dealkylation sites (tertiary alicyclic amines) is 1. The molecule has 2 rings (SSSR count). The van der Waals surface area contributed by atoms with Crippen LogP contribution >= 0.6 is 0 Å². The van der Waals surface area contributed by atoms with E-state index in [9.17, 15) is 0 Å². The van der Waals surface area contributed by atoms with Gasteiger partial charge in [0.05, 0.1) is 5.84 Å². The summed E-state index contributed by atoms with van der Waals surface area (Å²) in [5, 5.41) is 11.2. The standard InChI is InChI=1S/C8H12N4O/c1-5(9)12-4-3-7(12)8-10-6(2)11-13-8/h7,9H,3-4H2,1-2H3. The molecule has 1 unspecified atom stereocenters. The third kappa shape index (κ3) is 1.30. The summed E-state index contributed by atoms with van der Waals surface area (Å²) in [5.41, 5.74) is 0. The minimum atomic E-state index is 0.138. The molecular weight excluding hydrogens is 168 g/mol. The Morgan fingerprint density at radius 1 is 1.69 bits per heavy atom. The molecule has 1 saturated heterocycles. The normalized spacial score (nSPS) is 21.4. The number of aryl methyl sites for hydroxylation is 1. The second-order valence-corrected chi connectivity index (χ2v) is 3.26. The van der Waals surface area contributed by atoms with Crippen LogP contribution in [0.2, 0.25) is 0 Å². The number of rotatable bonds is 1. The first-order valence-electron chi connectivity index (χ1n) is 4.30. The number of aromatic nitrogens is 2. The number of amidine groups is 1. The van der Waals surface area contributed by atoms with Crippen molar-refractivity contribution >= 4 is 5.84 Å². The molecule has 0 spiro atoms. The Kier molecular flexibility index (Phi) is 1.79. The molecule has 0 aromatic carbocycles. The largest absolute Gasteiger partial charge is 0.349 e. The van der Waals surface area contributed by atoms with Crippen LogP contribution in [0.3, 0.4) is 0 Å². The number of hydrogen-bond acceptors (Lipinski definition) is 4. The van der Waals surface area contributed by atoms with Crippen molar-refractivity contribution in [1.82, 2.24) is 15.0 Å². The predicted octanol–water partition coefficient (Wildman–Crippen LogP) is 1.12. The molecule has 1 fully saturated rings. The summed E-state index contributed by atoms with van der Waals surface area (Å²) in [6, 6.07) is 0.138. The molecule has 70 valence electrons. The van der Waals surface area contributed by atoms with Gasteiger partial charge in [0, 0.05) is 6.54 Å². The van der Waals surface area contributed by atoms with E-state index in [-0.39, 0.29) is 6.04 Å². The van der Waals surface area contributed by atoms with Gasteiger partial charge in [-0.2, -0.15) is 4.98 Å². The van der Waals surface area contributed by atoms with E-state index >= 15 is 0 Å². The van der Waals surface area contributed by atoms with E-state index in [2.05, 4.69) is 10.1 Å². The van der Waals surface area contributed by atoms with Crippen molar-refractivity contribution in [2.24, 2.45) is 0 Å². The van der Waals surface area contributed by atoms with Crippen LogP contribution < -0.4 is 0 Å². The average molecular weight is 180 g/mol. The Hall–Kier alpha value is -1.39. The molecule has 0 aliphatic carbocycles. The zero-order chi connectivity index (χ0) is 9.42. The van der Waals surface area contributed by atoms with Crippen molar-refractivity contribution in [3.8, 4) is 0 Å². The lowest BCUT2D eigenvalue weighted by molar-refractivity contribution is 0.142. The number of hydrogen-bond donors (Lipinski definition) is 1. The molecule has 13 heavy (non-hydrogen) atoms. The van der Waals surface area contributed by atoms with E-state index in [4.69, 9.17) is 9.93 Å². The Bertz CT molecular complexity index is 333. The van der Waals surface area contributed by atoms with Gasteiger partial charge in [0.25, 0.3) is 0 Å². The monoisotopic (exact) mass is 180 g/mol. The number of nitrogens with zero attached hydrogens (tertiary/aromatic N) is 3. The predicted molar refractivity (Wildman–Crippen MR) is 46.5 cm³/mol. The Morgan fingerprint density at radius 3 is 2.85 bits per heavy atom. The van der Waals surface area contributed by atoms with Crippen LogP contribution in [0.5, 0.6) is 0 Å². The van der Waals surface area contributed by atoms with Gasteiger partial charge in [0.15, 0.2) is 5.82 Å². The third-order valence-electron chi connectivity index (χ3n) is 2.28. The fourth-order valence-electron chi connectivity index (χ4n) is 1.49. The van der Waals surface area contributed by atoms with Crippen molar-refractivity contribution in [1.29, 1.82) is 5.41 Å². The molecular formula is C8H12N4O. The second kappa shape index (κ2) is 2.83. The molecule has 1 atom stereocenters. The van der Waals surface area contributed by atoms with E-state index in [0.29, 0.717) is 17.6 Å². The molecule has 0 amide bonds. The molecule has 0 radical (unpaired) electrons. The first-order valence-corrected chi connectivity index (χ1v) is 4.30. The zero-order valence-corrected chi connectivity index (χ0v) is 7.74. The Morgan fingerprint density at radius 2 is 2.46 bits per heavy atom. The van der Waals surface area contributed by atoms with Gasteiger partial charge in [-0.25, -0.2) is 0 Å². The van der Waals surface area contributed by atoms with Gasteiger partial charge in [-0.3, -0.25) is 5.41 Å². The van der Waals surface area contributed by atoms with E-state index in [1.807, 2.05) is 4.90 Å². The van der Waals surface area contributed by atoms with Gasteiger partial charge in [-0.15, -0.1) is 0 Å². The molecule has 0 saturated carbocycles. The van der Waals surface area contributed by atoms with Gasteiger partial charge in [0.2, 0.25) is 5.89 Å². The Labute approximate surface area is 76.2 Å². The smallest absolute Gasteiger partial charge is 0.249 e. The van der Waals surface area contributed by atoms with Crippen LogP contribution in [-0.2, 0) is 0 Å². The number of nitrogens with one attached hydrogen (secondary N) is 1. The lowest BCUT2D eigenvalue weighted by atomic mass is 10.0. The summed E-state index contributed by atoms with van der Waals surface area (Å²) < 4.78 is 5.05. The highest BCUT2D eigenvalue weighted by Crippen LogP contribution is 2.31. The van der Waals surface area contributed by atoms with E-state index < -0.39 is 0 Å². The summed E-state index contributed by atoms with van der Waals surface area (Å²) in [6.45, 7) is 4.49. The zero-order valence-electron chi connectivity index (χ0n) is 7.74. The summed E-state index contributed by atoms with van der Waals surface area (Å²) in [7, 11) is 0. The maximum atomic E-state index is 7.47. The first-order chi connectivity index (χ1) is 6.18. The lowest BCUT2D eigenvalue weighted by Crippen LogP contribution is -2.43. The summed E-state index contributed by atoms with van der Waals surface area (Å²) in [5.74, 6) is 1.85. The van der Waals surface area contributed by atoms with Crippen LogP contribution in [0.15, 0.2) is 4.52 Å². The summed E-state index contributed by atoms with van der Waals surface area (Å²) in [4.78, 5) is 6.10. The maximum absolute atomic E-state index is 7.47. The highest BCUT2D eigenvalue weighted by Gasteiger charge is 2.33.